The van der Waals surface area contributed by atoms with Gasteiger partial charge in [0.05, 0.1) is 12.0 Å². The van der Waals surface area contributed by atoms with Crippen LogP contribution in [-0.2, 0) is 4.79 Å². The monoisotopic (exact) mass is 136 g/mol. The van der Waals surface area contributed by atoms with Gasteiger partial charge in [0.15, 0.2) is 0 Å². The average Bonchev–Trinajstić information content (AvgIpc) is 1.65. The van der Waals surface area contributed by atoms with Crippen LogP contribution in [0.4, 0.5) is 0 Å². The van der Waals surface area contributed by atoms with Crippen molar-refractivity contribution in [3.8, 4) is 0 Å². The number of hydrogen-bond acceptors (Lipinski definition) is 2. The van der Waals surface area contributed by atoms with Gasteiger partial charge < -0.3 is 5.11 Å². The molecular formula is C5H9ClO2. The Morgan fingerprint density at radius 1 is 1.88 bits per heavy atom. The van der Waals surface area contributed by atoms with Crippen molar-refractivity contribution in [2.45, 2.75) is 19.4 Å². The third-order valence-electron chi connectivity index (χ3n) is 0.672. The minimum Gasteiger partial charge on any atom is -0.393 e. The number of hydrogen-bond donors (Lipinski definition) is 1. The zero-order valence-corrected chi connectivity index (χ0v) is 5.48. The lowest BCUT2D eigenvalue weighted by molar-refractivity contribution is -0.118. The van der Waals surface area contributed by atoms with E-state index in [-0.39, 0.29) is 18.1 Å². The highest BCUT2D eigenvalue weighted by Crippen LogP contribution is 1.91. The van der Waals surface area contributed by atoms with Crippen molar-refractivity contribution < 1.29 is 9.90 Å². The van der Waals surface area contributed by atoms with E-state index in [1.165, 1.54) is 0 Å². The first-order chi connectivity index (χ1) is 3.66. The van der Waals surface area contributed by atoms with Crippen LogP contribution in [0.15, 0.2) is 0 Å². The van der Waals surface area contributed by atoms with E-state index in [4.69, 9.17) is 16.7 Å². The van der Waals surface area contributed by atoms with Crippen LogP contribution in [-0.4, -0.2) is 22.9 Å². The summed E-state index contributed by atoms with van der Waals surface area (Å²) in [5, 5.41) is 8.57. The lowest BCUT2D eigenvalue weighted by Gasteiger charge is -1.97. The molecule has 1 N–H and O–H groups in total. The summed E-state index contributed by atoms with van der Waals surface area (Å²) in [6.45, 7) is 1.56. The molecule has 8 heavy (non-hydrogen) atoms. The zero-order chi connectivity index (χ0) is 6.57. The van der Waals surface area contributed by atoms with E-state index < -0.39 is 6.10 Å². The minimum absolute atomic E-state index is 0.00486. The Morgan fingerprint density at radius 2 is 2.38 bits per heavy atom. The van der Waals surface area contributed by atoms with Crippen LogP contribution in [0, 0.1) is 0 Å². The summed E-state index contributed by atoms with van der Waals surface area (Å²) in [4.78, 5) is 10.3. The number of alkyl halides is 1. The second-order valence-corrected chi connectivity index (χ2v) is 1.99. The number of halogens is 1. The Bertz CT molecular complexity index is 80.5. The van der Waals surface area contributed by atoms with E-state index in [1.807, 2.05) is 0 Å². The van der Waals surface area contributed by atoms with Crippen LogP contribution < -0.4 is 0 Å². The van der Waals surface area contributed by atoms with Crippen molar-refractivity contribution in [1.29, 1.82) is 0 Å². The van der Waals surface area contributed by atoms with Crippen molar-refractivity contribution in [2.24, 2.45) is 0 Å². The summed E-state index contributed by atoms with van der Waals surface area (Å²) in [7, 11) is 0. The molecule has 0 aliphatic heterocycles. The Labute approximate surface area is 53.5 Å². The third-order valence-corrected chi connectivity index (χ3v) is 0.970. The van der Waals surface area contributed by atoms with E-state index >= 15 is 0 Å². The highest BCUT2D eigenvalue weighted by molar-refractivity contribution is 6.27. The Balaban J connectivity index is 3.25. The fraction of sp³-hybridized carbons (Fsp3) is 0.800. The molecule has 0 aliphatic rings. The summed E-state index contributed by atoms with van der Waals surface area (Å²) in [5.74, 6) is -0.105. The molecule has 0 radical (unpaired) electrons. The number of Topliss-reactive ketones (excluding diaryl/α,β-unsaturated/α-hetero) is 1. The van der Waals surface area contributed by atoms with Gasteiger partial charge in [0.2, 0.25) is 0 Å². The lowest BCUT2D eigenvalue weighted by atomic mass is 10.2. The fourth-order valence-electron chi connectivity index (χ4n) is 0.384. The standard InChI is InChI=1S/C5H9ClO2/c1-4(7)2-5(8)3-6/h4,7H,2-3H2,1H3. The molecule has 0 saturated heterocycles. The molecule has 1 atom stereocenters. The number of aliphatic hydroxyl groups excluding tert-OH is 1. The molecule has 2 nitrogen and oxygen atoms in total. The maximum absolute atomic E-state index is 10.3. The number of carbonyl (C=O) groups excluding carboxylic acids is 1. The molecule has 0 saturated carbocycles. The van der Waals surface area contributed by atoms with Crippen LogP contribution in [0.3, 0.4) is 0 Å². The number of carbonyl (C=O) groups is 1. The van der Waals surface area contributed by atoms with Crippen LogP contribution in [0.25, 0.3) is 0 Å². The molecule has 0 aromatic heterocycles. The molecule has 0 aromatic carbocycles. The van der Waals surface area contributed by atoms with Gasteiger partial charge in [-0.25, -0.2) is 0 Å². The number of aliphatic hydroxyl groups is 1. The molecule has 0 rings (SSSR count). The van der Waals surface area contributed by atoms with Crippen LogP contribution in [0.2, 0.25) is 0 Å². The van der Waals surface area contributed by atoms with Gasteiger partial charge >= 0.3 is 0 Å². The van der Waals surface area contributed by atoms with Gasteiger partial charge in [-0.1, -0.05) is 0 Å². The van der Waals surface area contributed by atoms with Crippen molar-refractivity contribution in [2.75, 3.05) is 5.88 Å². The van der Waals surface area contributed by atoms with E-state index in [0.29, 0.717) is 0 Å². The molecule has 0 spiro atoms. The molecule has 48 valence electrons. The zero-order valence-electron chi connectivity index (χ0n) is 4.72. The van der Waals surface area contributed by atoms with Gasteiger partial charge in [-0.3, -0.25) is 4.79 Å². The lowest BCUT2D eigenvalue weighted by Crippen LogP contribution is -2.09. The SMILES string of the molecule is CC(O)CC(=O)CCl. The van der Waals surface area contributed by atoms with Crippen LogP contribution in [0.5, 0.6) is 0 Å². The number of ketones is 1. The predicted molar refractivity (Wildman–Crippen MR) is 32.0 cm³/mol. The molecule has 0 amide bonds. The molecule has 0 aromatic rings. The van der Waals surface area contributed by atoms with Crippen molar-refractivity contribution in [3.63, 3.8) is 0 Å². The normalized spacial score (nSPS) is 13.4. The maximum Gasteiger partial charge on any atom is 0.150 e. The third kappa shape index (κ3) is 4.09. The first-order valence-electron chi connectivity index (χ1n) is 2.42. The van der Waals surface area contributed by atoms with Crippen molar-refractivity contribution in [3.05, 3.63) is 0 Å². The molecule has 0 fully saturated rings. The molecule has 0 heterocycles. The van der Waals surface area contributed by atoms with Gasteiger partial charge in [0.1, 0.15) is 5.78 Å². The quantitative estimate of drug-likeness (QED) is 0.576. The predicted octanol–water partition coefficient (Wildman–Crippen LogP) is 0.565. The Morgan fingerprint density at radius 3 is 2.50 bits per heavy atom. The Hall–Kier alpha value is -0.0800. The second kappa shape index (κ2) is 3.87. The topological polar surface area (TPSA) is 37.3 Å². The largest absolute Gasteiger partial charge is 0.393 e. The summed E-state index contributed by atoms with van der Waals surface area (Å²) < 4.78 is 0. The van der Waals surface area contributed by atoms with E-state index in [9.17, 15) is 4.79 Å². The average molecular weight is 137 g/mol. The minimum atomic E-state index is -0.554. The first-order valence-corrected chi connectivity index (χ1v) is 2.96. The molecule has 1 unspecified atom stereocenters. The maximum atomic E-state index is 10.3. The van der Waals surface area contributed by atoms with E-state index in [0.717, 1.165) is 0 Å². The summed E-state index contributed by atoms with van der Waals surface area (Å²) >= 11 is 5.14. The smallest absolute Gasteiger partial charge is 0.150 e. The van der Waals surface area contributed by atoms with Crippen LogP contribution >= 0.6 is 11.6 Å². The van der Waals surface area contributed by atoms with E-state index in [2.05, 4.69) is 0 Å². The van der Waals surface area contributed by atoms with Gasteiger partial charge in [-0.05, 0) is 6.92 Å². The van der Waals surface area contributed by atoms with Crippen molar-refractivity contribution in [1.82, 2.24) is 0 Å². The summed E-state index contributed by atoms with van der Waals surface area (Å²) in [5.41, 5.74) is 0. The van der Waals surface area contributed by atoms with Crippen molar-refractivity contribution >= 4 is 17.4 Å². The second-order valence-electron chi connectivity index (χ2n) is 1.73. The summed E-state index contributed by atoms with van der Waals surface area (Å²) in [6, 6.07) is 0. The van der Waals surface area contributed by atoms with Crippen LogP contribution in [0.1, 0.15) is 13.3 Å². The fourth-order valence-corrected chi connectivity index (χ4v) is 0.493. The van der Waals surface area contributed by atoms with E-state index in [1.54, 1.807) is 6.92 Å². The highest BCUT2D eigenvalue weighted by atomic mass is 35.5. The molecule has 3 heteroatoms. The Kier molecular flexibility index (Phi) is 3.83. The highest BCUT2D eigenvalue weighted by Gasteiger charge is 2.02. The summed E-state index contributed by atoms with van der Waals surface area (Å²) in [6.07, 6.45) is -0.384. The number of rotatable bonds is 3. The van der Waals surface area contributed by atoms with Gasteiger partial charge in [-0.2, -0.15) is 0 Å². The van der Waals surface area contributed by atoms with Gasteiger partial charge in [-0.15, -0.1) is 11.6 Å². The van der Waals surface area contributed by atoms with Gasteiger partial charge in [0.25, 0.3) is 0 Å². The molecule has 0 aliphatic carbocycles. The molecular weight excluding hydrogens is 128 g/mol. The molecule has 0 bridgehead atoms. The van der Waals surface area contributed by atoms with Gasteiger partial charge in [0, 0.05) is 6.42 Å². The first kappa shape index (κ1) is 7.92.